The Balaban J connectivity index is 2.28. The number of carbonyl (C=O) groups is 1. The molecule has 3 heteroatoms. The van der Waals surface area contributed by atoms with Crippen LogP contribution in [0.1, 0.15) is 17.9 Å². The van der Waals surface area contributed by atoms with E-state index >= 15 is 0 Å². The van der Waals surface area contributed by atoms with E-state index in [0.29, 0.717) is 0 Å². The van der Waals surface area contributed by atoms with Crippen LogP contribution in [0.3, 0.4) is 0 Å². The molecule has 0 bridgehead atoms. The van der Waals surface area contributed by atoms with Crippen molar-refractivity contribution >= 4 is 5.91 Å². The molecule has 1 fully saturated rings. The van der Waals surface area contributed by atoms with Gasteiger partial charge in [-0.15, -0.1) is 0 Å². The molecule has 1 saturated heterocycles. The van der Waals surface area contributed by atoms with Gasteiger partial charge in [0, 0.05) is 13.6 Å². The second-order valence-electron chi connectivity index (χ2n) is 3.70. The summed E-state index contributed by atoms with van der Waals surface area (Å²) in [5, 5.41) is 9.30. The molecule has 3 nitrogen and oxygen atoms in total. The van der Waals surface area contributed by atoms with Gasteiger partial charge in [-0.3, -0.25) is 4.79 Å². The zero-order valence-electron chi connectivity index (χ0n) is 8.10. The van der Waals surface area contributed by atoms with Crippen LogP contribution in [0.2, 0.25) is 0 Å². The van der Waals surface area contributed by atoms with Gasteiger partial charge in [0.05, 0.1) is 5.92 Å². The van der Waals surface area contributed by atoms with E-state index in [0.717, 1.165) is 18.5 Å². The van der Waals surface area contributed by atoms with Crippen LogP contribution in [0.4, 0.5) is 0 Å². The summed E-state index contributed by atoms with van der Waals surface area (Å²) in [6.45, 7) is 0.805. The lowest BCUT2D eigenvalue weighted by Gasteiger charge is -2.10. The molecule has 1 heterocycles. The fraction of sp³-hybridized carbons (Fsp3) is 0.364. The molecular formula is C11H13NO2. The van der Waals surface area contributed by atoms with Crippen LogP contribution >= 0.6 is 0 Å². The predicted octanol–water partition coefficient (Wildman–Crippen LogP) is 1.34. The highest BCUT2D eigenvalue weighted by molar-refractivity contribution is 5.85. The van der Waals surface area contributed by atoms with E-state index in [2.05, 4.69) is 0 Å². The summed E-state index contributed by atoms with van der Waals surface area (Å²) < 4.78 is 0. The number of nitrogens with zero attached hydrogens (tertiary/aromatic N) is 1. The minimum absolute atomic E-state index is 0.0629. The molecule has 1 aliphatic heterocycles. The Morgan fingerprint density at radius 1 is 1.50 bits per heavy atom. The van der Waals surface area contributed by atoms with Crippen LogP contribution in [0.5, 0.6) is 5.75 Å². The van der Waals surface area contributed by atoms with Gasteiger partial charge in [-0.25, -0.2) is 0 Å². The number of phenols is 1. The van der Waals surface area contributed by atoms with Crippen molar-refractivity contribution in [1.29, 1.82) is 0 Å². The zero-order chi connectivity index (χ0) is 10.1. The number of carbonyl (C=O) groups excluding carboxylic acids is 1. The Morgan fingerprint density at radius 3 is 2.86 bits per heavy atom. The van der Waals surface area contributed by atoms with E-state index in [1.165, 1.54) is 0 Å². The Labute approximate surface area is 83.0 Å². The molecule has 0 aliphatic carbocycles. The highest BCUT2D eigenvalue weighted by atomic mass is 16.3. The maximum absolute atomic E-state index is 11.7. The van der Waals surface area contributed by atoms with Gasteiger partial charge in [0.25, 0.3) is 0 Å². The van der Waals surface area contributed by atoms with Crippen molar-refractivity contribution in [2.45, 2.75) is 12.3 Å². The van der Waals surface area contributed by atoms with Crippen LogP contribution in [0, 0.1) is 0 Å². The fourth-order valence-corrected chi connectivity index (χ4v) is 1.87. The molecule has 1 aliphatic rings. The van der Waals surface area contributed by atoms with Gasteiger partial charge in [-0.1, -0.05) is 12.1 Å². The molecule has 1 amide bonds. The van der Waals surface area contributed by atoms with Crippen molar-refractivity contribution in [2.75, 3.05) is 13.6 Å². The molecule has 1 aromatic rings. The van der Waals surface area contributed by atoms with Gasteiger partial charge in [0.15, 0.2) is 0 Å². The molecule has 1 atom stereocenters. The van der Waals surface area contributed by atoms with Gasteiger partial charge < -0.3 is 10.0 Å². The minimum Gasteiger partial charge on any atom is -0.508 e. The van der Waals surface area contributed by atoms with Gasteiger partial charge in [-0.05, 0) is 24.1 Å². The first-order valence-electron chi connectivity index (χ1n) is 4.72. The van der Waals surface area contributed by atoms with Crippen LogP contribution in [0.25, 0.3) is 0 Å². The number of amides is 1. The number of benzene rings is 1. The SMILES string of the molecule is CN1CCC(c2cccc(O)c2)C1=O. The third-order valence-corrected chi connectivity index (χ3v) is 2.70. The minimum atomic E-state index is -0.0629. The van der Waals surface area contributed by atoms with Crippen LogP contribution < -0.4 is 0 Å². The average Bonchev–Trinajstić information content (AvgIpc) is 2.48. The highest BCUT2D eigenvalue weighted by Gasteiger charge is 2.30. The molecular weight excluding hydrogens is 178 g/mol. The number of phenolic OH excluding ortho intramolecular Hbond substituents is 1. The molecule has 0 aromatic heterocycles. The second-order valence-corrected chi connectivity index (χ2v) is 3.70. The van der Waals surface area contributed by atoms with E-state index in [4.69, 9.17) is 0 Å². The lowest BCUT2D eigenvalue weighted by Crippen LogP contribution is -2.21. The summed E-state index contributed by atoms with van der Waals surface area (Å²) in [7, 11) is 1.81. The lowest BCUT2D eigenvalue weighted by molar-refractivity contribution is -0.127. The van der Waals surface area contributed by atoms with E-state index in [1.807, 2.05) is 13.1 Å². The summed E-state index contributed by atoms with van der Waals surface area (Å²) in [5.41, 5.74) is 0.916. The maximum atomic E-state index is 11.7. The summed E-state index contributed by atoms with van der Waals surface area (Å²) in [6.07, 6.45) is 0.846. The average molecular weight is 191 g/mol. The molecule has 0 radical (unpaired) electrons. The number of hydrogen-bond acceptors (Lipinski definition) is 2. The van der Waals surface area contributed by atoms with Crippen molar-refractivity contribution < 1.29 is 9.90 Å². The van der Waals surface area contributed by atoms with Gasteiger partial charge in [0.2, 0.25) is 5.91 Å². The molecule has 0 saturated carbocycles. The number of likely N-dealkylation sites (tertiary alicyclic amines) is 1. The molecule has 2 rings (SSSR count). The Kier molecular flexibility index (Phi) is 2.15. The van der Waals surface area contributed by atoms with Crippen LogP contribution in [-0.4, -0.2) is 29.5 Å². The zero-order valence-corrected chi connectivity index (χ0v) is 8.10. The third kappa shape index (κ3) is 1.45. The molecule has 1 unspecified atom stereocenters. The summed E-state index contributed by atoms with van der Waals surface area (Å²) >= 11 is 0. The van der Waals surface area contributed by atoms with Crippen molar-refractivity contribution in [2.24, 2.45) is 0 Å². The topological polar surface area (TPSA) is 40.5 Å². The first kappa shape index (κ1) is 9.06. The maximum Gasteiger partial charge on any atom is 0.229 e. The van der Waals surface area contributed by atoms with Crippen LogP contribution in [-0.2, 0) is 4.79 Å². The Morgan fingerprint density at radius 2 is 2.29 bits per heavy atom. The number of rotatable bonds is 1. The summed E-state index contributed by atoms with van der Waals surface area (Å²) in [4.78, 5) is 13.4. The number of aromatic hydroxyl groups is 1. The summed E-state index contributed by atoms with van der Waals surface area (Å²) in [6, 6.07) is 6.95. The van der Waals surface area contributed by atoms with E-state index in [9.17, 15) is 9.90 Å². The smallest absolute Gasteiger partial charge is 0.229 e. The fourth-order valence-electron chi connectivity index (χ4n) is 1.87. The number of likely N-dealkylation sites (N-methyl/N-ethyl adjacent to an activating group) is 1. The van der Waals surface area contributed by atoms with E-state index < -0.39 is 0 Å². The Bertz CT molecular complexity index is 362. The van der Waals surface area contributed by atoms with E-state index in [1.54, 1.807) is 23.1 Å². The molecule has 1 aromatic carbocycles. The van der Waals surface area contributed by atoms with Gasteiger partial charge in [0.1, 0.15) is 5.75 Å². The number of hydrogen-bond donors (Lipinski definition) is 1. The first-order valence-corrected chi connectivity index (χ1v) is 4.72. The standard InChI is InChI=1S/C11H13NO2/c1-12-6-5-10(11(12)14)8-3-2-4-9(13)7-8/h2-4,7,10,13H,5-6H2,1H3. The van der Waals surface area contributed by atoms with Crippen molar-refractivity contribution in [3.8, 4) is 5.75 Å². The van der Waals surface area contributed by atoms with Gasteiger partial charge >= 0.3 is 0 Å². The first-order chi connectivity index (χ1) is 6.68. The second kappa shape index (κ2) is 3.33. The summed E-state index contributed by atoms with van der Waals surface area (Å²) in [5.74, 6) is 0.313. The van der Waals surface area contributed by atoms with Crippen LogP contribution in [0.15, 0.2) is 24.3 Å². The van der Waals surface area contributed by atoms with Gasteiger partial charge in [-0.2, -0.15) is 0 Å². The molecule has 1 N–H and O–H groups in total. The lowest BCUT2D eigenvalue weighted by atomic mass is 9.98. The molecule has 0 spiro atoms. The van der Waals surface area contributed by atoms with E-state index in [-0.39, 0.29) is 17.6 Å². The van der Waals surface area contributed by atoms with Crippen molar-refractivity contribution in [3.05, 3.63) is 29.8 Å². The predicted molar refractivity (Wildman–Crippen MR) is 53.1 cm³/mol. The Hall–Kier alpha value is -1.51. The third-order valence-electron chi connectivity index (χ3n) is 2.70. The largest absolute Gasteiger partial charge is 0.508 e. The monoisotopic (exact) mass is 191 g/mol. The van der Waals surface area contributed by atoms with Crippen molar-refractivity contribution in [3.63, 3.8) is 0 Å². The molecule has 14 heavy (non-hydrogen) atoms. The molecule has 74 valence electrons. The normalized spacial score (nSPS) is 21.6. The highest BCUT2D eigenvalue weighted by Crippen LogP contribution is 2.29. The van der Waals surface area contributed by atoms with Crippen molar-refractivity contribution in [1.82, 2.24) is 4.90 Å². The quantitative estimate of drug-likeness (QED) is 0.727.